The lowest BCUT2D eigenvalue weighted by atomic mass is 10.2. The molecule has 0 aliphatic rings. The van der Waals surface area contributed by atoms with Crippen LogP contribution in [0.4, 0.5) is 0 Å². The van der Waals surface area contributed by atoms with Crippen molar-refractivity contribution in [2.24, 2.45) is 0 Å². The first-order valence-corrected chi connectivity index (χ1v) is 5.50. The molecule has 0 fully saturated rings. The third-order valence-corrected chi connectivity index (χ3v) is 2.60. The van der Waals surface area contributed by atoms with Gasteiger partial charge in [-0.2, -0.15) is 0 Å². The Labute approximate surface area is 108 Å². The van der Waals surface area contributed by atoms with Crippen LogP contribution < -0.4 is 4.74 Å². The average molecular weight is 268 g/mol. The van der Waals surface area contributed by atoms with Crippen LogP contribution in [0.1, 0.15) is 21.8 Å². The molecule has 0 saturated heterocycles. The zero-order valence-electron chi connectivity index (χ0n) is 9.51. The Bertz CT molecular complexity index is 579. The van der Waals surface area contributed by atoms with E-state index < -0.39 is 5.97 Å². The Morgan fingerprint density at radius 3 is 3.06 bits per heavy atom. The smallest absolute Gasteiger partial charge is 0.358 e. The van der Waals surface area contributed by atoms with Crippen LogP contribution in [-0.4, -0.2) is 16.1 Å². The van der Waals surface area contributed by atoms with Crippen LogP contribution in [0.15, 0.2) is 29.0 Å². The third kappa shape index (κ3) is 2.62. The molecule has 2 rings (SSSR count). The van der Waals surface area contributed by atoms with Crippen molar-refractivity contribution in [3.63, 3.8) is 0 Å². The van der Waals surface area contributed by atoms with Crippen molar-refractivity contribution in [2.45, 2.75) is 13.5 Å². The van der Waals surface area contributed by atoms with Crippen molar-refractivity contribution in [1.82, 2.24) is 4.98 Å². The molecule has 0 aliphatic carbocycles. The summed E-state index contributed by atoms with van der Waals surface area (Å²) in [4.78, 5) is 14.4. The van der Waals surface area contributed by atoms with Gasteiger partial charge in [-0.05, 0) is 24.6 Å². The third-order valence-electron chi connectivity index (χ3n) is 2.29. The Morgan fingerprint density at radius 2 is 2.33 bits per heavy atom. The topological polar surface area (TPSA) is 72.6 Å². The minimum atomic E-state index is -1.15. The lowest BCUT2D eigenvalue weighted by Gasteiger charge is -2.07. The van der Waals surface area contributed by atoms with E-state index in [1.54, 1.807) is 12.1 Å². The molecule has 0 aliphatic heterocycles. The second-order valence-corrected chi connectivity index (χ2v) is 4.06. The van der Waals surface area contributed by atoms with E-state index in [4.69, 9.17) is 25.9 Å². The summed E-state index contributed by atoms with van der Waals surface area (Å²) < 4.78 is 10.4. The van der Waals surface area contributed by atoms with Crippen molar-refractivity contribution in [1.29, 1.82) is 0 Å². The molecule has 5 nitrogen and oxygen atoms in total. The summed E-state index contributed by atoms with van der Waals surface area (Å²) in [7, 11) is 0. The van der Waals surface area contributed by atoms with Gasteiger partial charge in [-0.25, -0.2) is 9.78 Å². The van der Waals surface area contributed by atoms with E-state index in [0.29, 0.717) is 10.8 Å². The van der Waals surface area contributed by atoms with Gasteiger partial charge in [0.05, 0.1) is 5.02 Å². The molecule has 0 saturated carbocycles. The summed E-state index contributed by atoms with van der Waals surface area (Å²) in [5, 5.41) is 9.30. The number of nitrogens with zero attached hydrogens (tertiary/aromatic N) is 1. The van der Waals surface area contributed by atoms with E-state index in [0.717, 1.165) is 12.0 Å². The van der Waals surface area contributed by atoms with Gasteiger partial charge in [-0.3, -0.25) is 0 Å². The summed E-state index contributed by atoms with van der Waals surface area (Å²) >= 11 is 5.95. The molecule has 1 aromatic carbocycles. The fourth-order valence-corrected chi connectivity index (χ4v) is 1.58. The fraction of sp³-hybridized carbons (Fsp3) is 0.167. The second kappa shape index (κ2) is 5.10. The molecule has 0 spiro atoms. The van der Waals surface area contributed by atoms with Gasteiger partial charge >= 0.3 is 5.97 Å². The molecule has 6 heteroatoms. The van der Waals surface area contributed by atoms with E-state index in [9.17, 15) is 4.79 Å². The number of aryl methyl sites for hydroxylation is 1. The quantitative estimate of drug-likeness (QED) is 0.922. The largest absolute Gasteiger partial charge is 0.484 e. The van der Waals surface area contributed by atoms with Crippen LogP contribution in [0, 0.1) is 6.92 Å². The highest BCUT2D eigenvalue weighted by Gasteiger charge is 2.16. The number of ether oxygens (including phenoxy) is 1. The monoisotopic (exact) mass is 267 g/mol. The highest BCUT2D eigenvalue weighted by molar-refractivity contribution is 6.32. The maximum atomic E-state index is 10.8. The zero-order valence-corrected chi connectivity index (χ0v) is 10.3. The number of aromatic carboxylic acids is 1. The molecule has 0 atom stereocenters. The van der Waals surface area contributed by atoms with Gasteiger partial charge in [0.15, 0.2) is 17.8 Å². The van der Waals surface area contributed by atoms with Crippen molar-refractivity contribution in [3.05, 3.63) is 46.6 Å². The molecule has 94 valence electrons. The van der Waals surface area contributed by atoms with Crippen LogP contribution in [0.25, 0.3) is 0 Å². The summed E-state index contributed by atoms with van der Waals surface area (Å²) in [6, 6.07) is 5.33. The molecule has 0 bridgehead atoms. The van der Waals surface area contributed by atoms with Gasteiger partial charge in [0.2, 0.25) is 0 Å². The average Bonchev–Trinajstić information content (AvgIpc) is 2.79. The Hall–Kier alpha value is -2.01. The Balaban J connectivity index is 2.14. The van der Waals surface area contributed by atoms with Crippen LogP contribution in [-0.2, 0) is 6.61 Å². The van der Waals surface area contributed by atoms with Crippen molar-refractivity contribution < 1.29 is 19.1 Å². The van der Waals surface area contributed by atoms with Gasteiger partial charge in [-0.1, -0.05) is 17.7 Å². The maximum Gasteiger partial charge on any atom is 0.358 e. The highest BCUT2D eigenvalue weighted by atomic mass is 35.5. The van der Waals surface area contributed by atoms with Gasteiger partial charge < -0.3 is 14.3 Å². The van der Waals surface area contributed by atoms with Crippen LogP contribution >= 0.6 is 11.6 Å². The summed E-state index contributed by atoms with van der Waals surface area (Å²) in [5.74, 6) is -0.526. The SMILES string of the molecule is Cc1ccc(Cl)c(OCc2ocnc2C(=O)O)c1. The number of hydrogen-bond acceptors (Lipinski definition) is 4. The lowest BCUT2D eigenvalue weighted by molar-refractivity contribution is 0.0686. The van der Waals surface area contributed by atoms with Gasteiger partial charge in [0.1, 0.15) is 12.4 Å². The number of carboxylic acids is 1. The van der Waals surface area contributed by atoms with Crippen LogP contribution in [0.5, 0.6) is 5.75 Å². The minimum Gasteiger partial charge on any atom is -0.484 e. The number of carbonyl (C=O) groups is 1. The molecule has 18 heavy (non-hydrogen) atoms. The molecule has 0 amide bonds. The van der Waals surface area contributed by atoms with E-state index >= 15 is 0 Å². The normalized spacial score (nSPS) is 10.3. The predicted octanol–water partition coefficient (Wildman–Crippen LogP) is 2.91. The maximum absolute atomic E-state index is 10.8. The molecule has 2 aromatic rings. The van der Waals surface area contributed by atoms with Gasteiger partial charge in [0.25, 0.3) is 0 Å². The molecule has 1 aromatic heterocycles. The lowest BCUT2D eigenvalue weighted by Crippen LogP contribution is -2.04. The van der Waals surface area contributed by atoms with Gasteiger partial charge in [0, 0.05) is 0 Å². The number of rotatable bonds is 4. The molecule has 1 heterocycles. The summed E-state index contributed by atoms with van der Waals surface area (Å²) in [5.41, 5.74) is 0.837. The van der Waals surface area contributed by atoms with Gasteiger partial charge in [-0.15, -0.1) is 0 Å². The number of aromatic nitrogens is 1. The molecule has 1 N–H and O–H groups in total. The summed E-state index contributed by atoms with van der Waals surface area (Å²) in [6.45, 7) is 1.87. The van der Waals surface area contributed by atoms with E-state index in [1.807, 2.05) is 13.0 Å². The fourth-order valence-electron chi connectivity index (χ4n) is 1.41. The van der Waals surface area contributed by atoms with Crippen molar-refractivity contribution in [3.8, 4) is 5.75 Å². The number of halogens is 1. The van der Waals surface area contributed by atoms with E-state index in [-0.39, 0.29) is 18.1 Å². The Kier molecular flexibility index (Phi) is 3.53. The second-order valence-electron chi connectivity index (χ2n) is 3.65. The first kappa shape index (κ1) is 12.4. The molecule has 0 unspecified atom stereocenters. The van der Waals surface area contributed by atoms with E-state index in [2.05, 4.69) is 4.98 Å². The number of hydrogen-bond donors (Lipinski definition) is 1. The Morgan fingerprint density at radius 1 is 1.56 bits per heavy atom. The molecular formula is C12H10ClNO4. The van der Waals surface area contributed by atoms with Crippen molar-refractivity contribution in [2.75, 3.05) is 0 Å². The van der Waals surface area contributed by atoms with Crippen LogP contribution in [0.2, 0.25) is 5.02 Å². The zero-order chi connectivity index (χ0) is 13.1. The first-order chi connectivity index (χ1) is 8.58. The summed E-state index contributed by atoms with van der Waals surface area (Å²) in [6.07, 6.45) is 1.07. The number of benzene rings is 1. The number of carboxylic acid groups (broad SMARTS) is 1. The minimum absolute atomic E-state index is 0.0369. The van der Waals surface area contributed by atoms with Crippen molar-refractivity contribution >= 4 is 17.6 Å². The van der Waals surface area contributed by atoms with E-state index in [1.165, 1.54) is 0 Å². The molecule has 0 radical (unpaired) electrons. The van der Waals surface area contributed by atoms with Crippen LogP contribution in [0.3, 0.4) is 0 Å². The highest BCUT2D eigenvalue weighted by Crippen LogP contribution is 2.26. The predicted molar refractivity (Wildman–Crippen MR) is 64.0 cm³/mol. The first-order valence-electron chi connectivity index (χ1n) is 5.12. The number of oxazole rings is 1. The molecular weight excluding hydrogens is 258 g/mol. The standard InChI is InChI=1S/C12H10ClNO4/c1-7-2-3-8(13)9(4-7)17-5-10-11(12(15)16)14-6-18-10/h2-4,6H,5H2,1H3,(H,15,16).